The molecule has 37 heavy (non-hydrogen) atoms. The Labute approximate surface area is 222 Å². The molecule has 1 N–H and O–H groups in total. The van der Waals surface area contributed by atoms with E-state index in [1.165, 1.54) is 11.3 Å². The average Bonchev–Trinajstić information content (AvgIpc) is 3.62. The SMILES string of the molecule is COc1ccc(N=Nc2sc(N3Nc4onc(-c5ccccc5)c4C3c3ccc(Cl)cc3)nc2C)cc1. The van der Waals surface area contributed by atoms with Crippen molar-refractivity contribution >= 4 is 44.6 Å². The molecule has 184 valence electrons. The third kappa shape index (κ3) is 4.43. The van der Waals surface area contributed by atoms with Crippen LogP contribution < -0.4 is 15.2 Å². The lowest BCUT2D eigenvalue weighted by molar-refractivity contribution is 0.415. The van der Waals surface area contributed by atoms with Gasteiger partial charge in [-0.3, -0.25) is 5.43 Å². The van der Waals surface area contributed by atoms with Crippen LogP contribution in [0, 0.1) is 6.92 Å². The summed E-state index contributed by atoms with van der Waals surface area (Å²) >= 11 is 7.64. The average molecular weight is 529 g/mol. The first kappa shape index (κ1) is 23.2. The molecule has 2 aromatic heterocycles. The third-order valence-corrected chi connectivity index (χ3v) is 7.30. The number of thiazole rings is 1. The Bertz CT molecular complexity index is 1570. The van der Waals surface area contributed by atoms with Gasteiger partial charge in [-0.2, -0.15) is 0 Å². The maximum atomic E-state index is 6.20. The van der Waals surface area contributed by atoms with E-state index in [1.807, 2.05) is 90.8 Å². The van der Waals surface area contributed by atoms with Gasteiger partial charge in [0, 0.05) is 10.6 Å². The molecule has 8 nitrogen and oxygen atoms in total. The monoisotopic (exact) mass is 528 g/mol. The number of hydrogen-bond acceptors (Lipinski definition) is 9. The second kappa shape index (κ2) is 9.68. The Balaban J connectivity index is 1.38. The summed E-state index contributed by atoms with van der Waals surface area (Å²) < 4.78 is 11.0. The number of fused-ring (bicyclic) bond motifs is 1. The third-order valence-electron chi connectivity index (χ3n) is 6.01. The van der Waals surface area contributed by atoms with Gasteiger partial charge < -0.3 is 9.26 Å². The first-order chi connectivity index (χ1) is 18.1. The van der Waals surface area contributed by atoms with Gasteiger partial charge in [0.1, 0.15) is 17.5 Å². The lowest BCUT2D eigenvalue weighted by Crippen LogP contribution is -2.28. The fourth-order valence-corrected chi connectivity index (χ4v) is 5.19. The summed E-state index contributed by atoms with van der Waals surface area (Å²) in [5.41, 5.74) is 8.57. The Hall–Kier alpha value is -4.21. The molecule has 0 saturated carbocycles. The molecule has 0 bridgehead atoms. The molecule has 0 radical (unpaired) electrons. The number of benzene rings is 3. The fourth-order valence-electron chi connectivity index (χ4n) is 4.18. The number of azo groups is 1. The molecule has 0 aliphatic carbocycles. The lowest BCUT2D eigenvalue weighted by atomic mass is 9.96. The highest BCUT2D eigenvalue weighted by Crippen LogP contribution is 2.48. The summed E-state index contributed by atoms with van der Waals surface area (Å²) in [5.74, 6) is 1.35. The summed E-state index contributed by atoms with van der Waals surface area (Å²) in [7, 11) is 1.63. The molecule has 1 aliphatic rings. The highest BCUT2D eigenvalue weighted by Gasteiger charge is 2.40. The number of halogens is 1. The van der Waals surface area contributed by atoms with E-state index in [0.29, 0.717) is 15.9 Å². The van der Waals surface area contributed by atoms with Crippen LogP contribution in [0.1, 0.15) is 22.9 Å². The van der Waals surface area contributed by atoms with E-state index < -0.39 is 0 Å². The number of anilines is 2. The summed E-state index contributed by atoms with van der Waals surface area (Å²) in [6.45, 7) is 1.92. The van der Waals surface area contributed by atoms with Gasteiger partial charge in [0.25, 0.3) is 0 Å². The Morgan fingerprint density at radius 3 is 2.49 bits per heavy atom. The molecule has 5 aromatic rings. The van der Waals surface area contributed by atoms with Crippen LogP contribution in [0.15, 0.2) is 93.6 Å². The molecular formula is C27H21ClN6O2S. The first-order valence-electron chi connectivity index (χ1n) is 11.5. The minimum atomic E-state index is -0.245. The van der Waals surface area contributed by atoms with Crippen LogP contribution >= 0.6 is 22.9 Å². The van der Waals surface area contributed by atoms with Crippen molar-refractivity contribution in [2.75, 3.05) is 17.5 Å². The zero-order chi connectivity index (χ0) is 25.4. The van der Waals surface area contributed by atoms with Crippen LogP contribution in [-0.4, -0.2) is 17.3 Å². The molecule has 3 heterocycles. The van der Waals surface area contributed by atoms with E-state index in [-0.39, 0.29) is 6.04 Å². The zero-order valence-corrected chi connectivity index (χ0v) is 21.5. The van der Waals surface area contributed by atoms with Crippen molar-refractivity contribution in [3.63, 3.8) is 0 Å². The molecule has 10 heteroatoms. The number of hydrazine groups is 1. The van der Waals surface area contributed by atoms with Gasteiger partial charge in [-0.25, -0.2) is 9.99 Å². The van der Waals surface area contributed by atoms with Crippen molar-refractivity contribution < 1.29 is 9.26 Å². The minimum Gasteiger partial charge on any atom is -0.497 e. The normalized spacial score (nSPS) is 14.7. The largest absolute Gasteiger partial charge is 0.497 e. The molecule has 0 amide bonds. The molecule has 1 unspecified atom stereocenters. The number of rotatable bonds is 6. The zero-order valence-electron chi connectivity index (χ0n) is 19.9. The fraction of sp³-hybridized carbons (Fsp3) is 0.111. The van der Waals surface area contributed by atoms with Crippen molar-refractivity contribution in [1.82, 2.24) is 10.1 Å². The second-order valence-corrected chi connectivity index (χ2v) is 9.75. The van der Waals surface area contributed by atoms with Crippen molar-refractivity contribution in [2.45, 2.75) is 13.0 Å². The molecule has 1 aliphatic heterocycles. The summed E-state index contributed by atoms with van der Waals surface area (Å²) in [6.07, 6.45) is 0. The number of hydrogen-bond donors (Lipinski definition) is 1. The predicted octanol–water partition coefficient (Wildman–Crippen LogP) is 8.12. The highest BCUT2D eigenvalue weighted by molar-refractivity contribution is 7.19. The molecule has 1 atom stereocenters. The second-order valence-electron chi connectivity index (χ2n) is 8.36. The van der Waals surface area contributed by atoms with E-state index in [2.05, 4.69) is 20.8 Å². The van der Waals surface area contributed by atoms with Crippen LogP contribution in [0.4, 0.5) is 21.7 Å². The molecule has 0 saturated heterocycles. The van der Waals surface area contributed by atoms with Gasteiger partial charge in [0.2, 0.25) is 11.0 Å². The Morgan fingerprint density at radius 1 is 1.00 bits per heavy atom. The van der Waals surface area contributed by atoms with Crippen molar-refractivity contribution in [2.24, 2.45) is 10.2 Å². The molecule has 3 aromatic carbocycles. The van der Waals surface area contributed by atoms with Gasteiger partial charge >= 0.3 is 0 Å². The quantitative estimate of drug-likeness (QED) is 0.224. The predicted molar refractivity (Wildman–Crippen MR) is 145 cm³/mol. The summed E-state index contributed by atoms with van der Waals surface area (Å²) in [4.78, 5) is 4.81. The van der Waals surface area contributed by atoms with Gasteiger partial charge in [-0.15, -0.1) is 10.2 Å². The van der Waals surface area contributed by atoms with Gasteiger partial charge in [0.05, 0.1) is 24.1 Å². The number of ether oxygens (including phenoxy) is 1. The maximum absolute atomic E-state index is 6.20. The van der Waals surface area contributed by atoms with Crippen LogP contribution in [0.2, 0.25) is 5.02 Å². The van der Waals surface area contributed by atoms with Crippen LogP contribution in [0.3, 0.4) is 0 Å². The molecular weight excluding hydrogens is 508 g/mol. The number of aromatic nitrogens is 2. The van der Waals surface area contributed by atoms with Crippen LogP contribution in [0.5, 0.6) is 5.75 Å². The van der Waals surface area contributed by atoms with E-state index in [1.54, 1.807) is 7.11 Å². The van der Waals surface area contributed by atoms with Crippen LogP contribution in [0.25, 0.3) is 11.3 Å². The Kier molecular flexibility index (Phi) is 6.07. The van der Waals surface area contributed by atoms with Gasteiger partial charge in [0.15, 0.2) is 5.00 Å². The lowest BCUT2D eigenvalue weighted by Gasteiger charge is -2.24. The van der Waals surface area contributed by atoms with E-state index in [9.17, 15) is 0 Å². The number of nitrogens with zero attached hydrogens (tertiary/aromatic N) is 5. The molecule has 0 spiro atoms. The summed E-state index contributed by atoms with van der Waals surface area (Å²) in [6, 6.07) is 24.9. The van der Waals surface area contributed by atoms with Gasteiger partial charge in [-0.1, -0.05) is 70.6 Å². The molecule has 6 rings (SSSR count). The van der Waals surface area contributed by atoms with Crippen molar-refractivity contribution in [3.8, 4) is 17.0 Å². The van der Waals surface area contributed by atoms with Crippen LogP contribution in [-0.2, 0) is 0 Å². The van der Waals surface area contributed by atoms with E-state index in [4.69, 9.17) is 25.8 Å². The summed E-state index contributed by atoms with van der Waals surface area (Å²) in [5, 5.41) is 17.3. The van der Waals surface area contributed by atoms with Gasteiger partial charge in [-0.05, 0) is 48.9 Å². The van der Waals surface area contributed by atoms with E-state index >= 15 is 0 Å². The number of nitrogens with one attached hydrogen (secondary N) is 1. The molecule has 0 fully saturated rings. The maximum Gasteiger partial charge on any atom is 0.249 e. The van der Waals surface area contributed by atoms with E-state index in [0.717, 1.165) is 44.6 Å². The smallest absolute Gasteiger partial charge is 0.249 e. The number of methoxy groups -OCH3 is 1. The number of aryl methyl sites for hydroxylation is 1. The topological polar surface area (TPSA) is 88.1 Å². The Morgan fingerprint density at radius 2 is 1.76 bits per heavy atom. The van der Waals surface area contributed by atoms with Crippen molar-refractivity contribution in [3.05, 3.63) is 101 Å². The first-order valence-corrected chi connectivity index (χ1v) is 12.7. The standard InChI is InChI=1S/C27H21ClN6O2S/c1-16-26(31-30-20-12-14-21(35-2)15-13-20)37-27(29-16)34-24(18-8-10-19(28)11-9-18)22-23(33-36-25(22)32-34)17-6-4-3-5-7-17/h3-15,24,32H,1-2H3. The minimum absolute atomic E-state index is 0.245. The van der Waals surface area contributed by atoms with Crippen molar-refractivity contribution in [1.29, 1.82) is 0 Å². The highest BCUT2D eigenvalue weighted by atomic mass is 35.5.